The first-order valence-corrected chi connectivity index (χ1v) is 7.36. The van der Waals surface area contributed by atoms with Gasteiger partial charge in [-0.3, -0.25) is 4.79 Å². The van der Waals surface area contributed by atoms with Crippen LogP contribution >= 0.6 is 11.6 Å². The van der Waals surface area contributed by atoms with E-state index in [9.17, 15) is 4.79 Å². The zero-order valence-electron chi connectivity index (χ0n) is 11.8. The van der Waals surface area contributed by atoms with Crippen LogP contribution in [0.2, 0.25) is 5.15 Å². The van der Waals surface area contributed by atoms with Crippen molar-refractivity contribution in [1.29, 1.82) is 0 Å². The molecule has 0 bridgehead atoms. The number of rotatable bonds is 2. The molecule has 2 atom stereocenters. The number of halogens is 1. The van der Waals surface area contributed by atoms with Gasteiger partial charge in [-0.1, -0.05) is 25.4 Å². The van der Waals surface area contributed by atoms with E-state index >= 15 is 0 Å². The van der Waals surface area contributed by atoms with E-state index in [0.29, 0.717) is 22.7 Å². The fourth-order valence-electron chi connectivity index (χ4n) is 2.59. The lowest BCUT2D eigenvalue weighted by Crippen LogP contribution is -2.45. The minimum atomic E-state index is 0.0815. The first-order chi connectivity index (χ1) is 9.01. The van der Waals surface area contributed by atoms with Crippen LogP contribution in [0.4, 0.5) is 0 Å². The van der Waals surface area contributed by atoms with Crippen molar-refractivity contribution in [1.82, 2.24) is 9.88 Å². The molecular formula is C15H21ClN2O. The Hall–Kier alpha value is -1.09. The molecular weight excluding hydrogens is 260 g/mol. The van der Waals surface area contributed by atoms with Crippen LogP contribution in [-0.4, -0.2) is 28.4 Å². The average molecular weight is 281 g/mol. The Morgan fingerprint density at radius 1 is 1.42 bits per heavy atom. The maximum absolute atomic E-state index is 12.6. The summed E-state index contributed by atoms with van der Waals surface area (Å²) in [6, 6.07) is 3.84. The summed E-state index contributed by atoms with van der Waals surface area (Å²) in [7, 11) is 0. The van der Waals surface area contributed by atoms with Gasteiger partial charge in [0.25, 0.3) is 5.91 Å². The van der Waals surface area contributed by atoms with E-state index < -0.39 is 0 Å². The molecule has 1 fully saturated rings. The summed E-state index contributed by atoms with van der Waals surface area (Å²) >= 11 is 5.99. The van der Waals surface area contributed by atoms with Gasteiger partial charge in [-0.2, -0.15) is 0 Å². The summed E-state index contributed by atoms with van der Waals surface area (Å²) < 4.78 is 0. The maximum atomic E-state index is 12.6. The van der Waals surface area contributed by atoms with Crippen molar-refractivity contribution >= 4 is 17.5 Å². The van der Waals surface area contributed by atoms with Gasteiger partial charge in [0.1, 0.15) is 5.15 Å². The Labute approximate surface area is 120 Å². The van der Waals surface area contributed by atoms with Gasteiger partial charge in [-0.05, 0) is 44.2 Å². The molecule has 104 valence electrons. The zero-order valence-corrected chi connectivity index (χ0v) is 12.6. The molecule has 0 aromatic carbocycles. The molecule has 19 heavy (non-hydrogen) atoms. The number of carbonyl (C=O) groups is 1. The zero-order chi connectivity index (χ0) is 14.0. The number of aromatic nitrogens is 1. The van der Waals surface area contributed by atoms with E-state index in [1.807, 2.05) is 17.9 Å². The Morgan fingerprint density at radius 2 is 2.16 bits per heavy atom. The fourth-order valence-corrected chi connectivity index (χ4v) is 2.82. The highest BCUT2D eigenvalue weighted by atomic mass is 35.5. The van der Waals surface area contributed by atoms with Gasteiger partial charge >= 0.3 is 0 Å². The average Bonchev–Trinajstić information content (AvgIpc) is 2.40. The Kier molecular flexibility index (Phi) is 4.46. The Balaban J connectivity index is 2.25. The largest absolute Gasteiger partial charge is 0.336 e. The second kappa shape index (κ2) is 5.91. The molecule has 0 saturated carbocycles. The number of amides is 1. The van der Waals surface area contributed by atoms with Crippen LogP contribution in [0.25, 0.3) is 0 Å². The quantitative estimate of drug-likeness (QED) is 0.776. The predicted molar refractivity (Wildman–Crippen MR) is 77.5 cm³/mol. The second-order valence-corrected chi connectivity index (χ2v) is 5.90. The van der Waals surface area contributed by atoms with E-state index in [4.69, 9.17) is 11.6 Å². The van der Waals surface area contributed by atoms with E-state index in [0.717, 1.165) is 25.1 Å². The SMILES string of the molecule is CCc1cc(C(=O)N2CC(C)CCC2C)cc(Cl)n1. The summed E-state index contributed by atoms with van der Waals surface area (Å²) in [4.78, 5) is 18.8. The molecule has 0 spiro atoms. The van der Waals surface area contributed by atoms with Crippen molar-refractivity contribution in [3.8, 4) is 0 Å². The molecule has 0 radical (unpaired) electrons. The van der Waals surface area contributed by atoms with Crippen LogP contribution in [0.1, 0.15) is 49.7 Å². The van der Waals surface area contributed by atoms with Crippen LogP contribution in [0.3, 0.4) is 0 Å². The number of hydrogen-bond donors (Lipinski definition) is 0. The van der Waals surface area contributed by atoms with Crippen LogP contribution in [0.15, 0.2) is 12.1 Å². The van der Waals surface area contributed by atoms with Crippen LogP contribution in [0.5, 0.6) is 0 Å². The molecule has 1 aliphatic heterocycles. The monoisotopic (exact) mass is 280 g/mol. The third-order valence-electron chi connectivity index (χ3n) is 3.83. The number of likely N-dealkylation sites (tertiary alicyclic amines) is 1. The molecule has 2 heterocycles. The first kappa shape index (κ1) is 14.3. The summed E-state index contributed by atoms with van der Waals surface area (Å²) in [5, 5.41) is 0.403. The van der Waals surface area contributed by atoms with Crippen LogP contribution in [0, 0.1) is 5.92 Å². The summed E-state index contributed by atoms with van der Waals surface area (Å²) in [6.45, 7) is 7.16. The topological polar surface area (TPSA) is 33.2 Å². The van der Waals surface area contributed by atoms with Gasteiger partial charge in [-0.15, -0.1) is 0 Å². The lowest BCUT2D eigenvalue weighted by molar-refractivity contribution is 0.0574. The number of nitrogens with zero attached hydrogens (tertiary/aromatic N) is 2. The number of piperidine rings is 1. The summed E-state index contributed by atoms with van der Waals surface area (Å²) in [5.74, 6) is 0.654. The van der Waals surface area contributed by atoms with E-state index in [1.165, 1.54) is 6.42 Å². The maximum Gasteiger partial charge on any atom is 0.254 e. The normalized spacial score (nSPS) is 23.5. The van der Waals surface area contributed by atoms with Crippen molar-refractivity contribution in [2.75, 3.05) is 6.54 Å². The van der Waals surface area contributed by atoms with Crippen molar-refractivity contribution in [2.24, 2.45) is 5.92 Å². The molecule has 0 aliphatic carbocycles. The Morgan fingerprint density at radius 3 is 2.84 bits per heavy atom. The lowest BCUT2D eigenvalue weighted by atomic mass is 9.94. The highest BCUT2D eigenvalue weighted by Gasteiger charge is 2.27. The molecule has 0 N–H and O–H groups in total. The molecule has 4 heteroatoms. The van der Waals surface area contributed by atoms with Crippen LogP contribution < -0.4 is 0 Å². The summed E-state index contributed by atoms with van der Waals surface area (Å²) in [6.07, 6.45) is 3.06. The van der Waals surface area contributed by atoms with Crippen molar-refractivity contribution in [2.45, 2.75) is 46.1 Å². The Bertz CT molecular complexity index is 475. The minimum absolute atomic E-state index is 0.0815. The highest BCUT2D eigenvalue weighted by molar-refractivity contribution is 6.29. The van der Waals surface area contributed by atoms with E-state index in [2.05, 4.69) is 18.8 Å². The number of pyridine rings is 1. The molecule has 1 saturated heterocycles. The second-order valence-electron chi connectivity index (χ2n) is 5.51. The number of aryl methyl sites for hydroxylation is 1. The minimum Gasteiger partial charge on any atom is -0.336 e. The third kappa shape index (κ3) is 3.27. The van der Waals surface area contributed by atoms with Crippen molar-refractivity contribution in [3.05, 3.63) is 28.5 Å². The van der Waals surface area contributed by atoms with Crippen molar-refractivity contribution in [3.63, 3.8) is 0 Å². The lowest BCUT2D eigenvalue weighted by Gasteiger charge is -2.37. The smallest absolute Gasteiger partial charge is 0.254 e. The van der Waals surface area contributed by atoms with E-state index in [1.54, 1.807) is 6.07 Å². The van der Waals surface area contributed by atoms with Crippen LogP contribution in [-0.2, 0) is 6.42 Å². The predicted octanol–water partition coefficient (Wildman–Crippen LogP) is 3.56. The molecule has 3 nitrogen and oxygen atoms in total. The standard InChI is InChI=1S/C15H21ClN2O/c1-4-13-7-12(8-14(16)17-13)15(19)18-9-10(2)5-6-11(18)3/h7-8,10-11H,4-6,9H2,1-3H3. The molecule has 1 aromatic heterocycles. The molecule has 1 aromatic rings. The summed E-state index contributed by atoms with van der Waals surface area (Å²) in [5.41, 5.74) is 1.53. The van der Waals surface area contributed by atoms with E-state index in [-0.39, 0.29) is 5.91 Å². The fraction of sp³-hybridized carbons (Fsp3) is 0.600. The van der Waals surface area contributed by atoms with Crippen molar-refractivity contribution < 1.29 is 4.79 Å². The number of hydrogen-bond acceptors (Lipinski definition) is 2. The molecule has 2 unspecified atom stereocenters. The molecule has 2 rings (SSSR count). The van der Waals surface area contributed by atoms with Gasteiger partial charge in [0.15, 0.2) is 0 Å². The number of carbonyl (C=O) groups excluding carboxylic acids is 1. The first-order valence-electron chi connectivity index (χ1n) is 6.98. The van der Waals surface area contributed by atoms with Gasteiger partial charge < -0.3 is 4.90 Å². The third-order valence-corrected chi connectivity index (χ3v) is 4.03. The van der Waals surface area contributed by atoms with Gasteiger partial charge in [0.2, 0.25) is 0 Å². The highest BCUT2D eigenvalue weighted by Crippen LogP contribution is 2.24. The molecule has 1 amide bonds. The van der Waals surface area contributed by atoms with Gasteiger partial charge in [0, 0.05) is 23.8 Å². The molecule has 1 aliphatic rings. The van der Waals surface area contributed by atoms with Gasteiger partial charge in [-0.25, -0.2) is 4.98 Å². The van der Waals surface area contributed by atoms with Gasteiger partial charge in [0.05, 0.1) is 0 Å².